The number of hydrogen-bond donors (Lipinski definition) is 2. The van der Waals surface area contributed by atoms with Crippen LogP contribution < -0.4 is 0 Å². The minimum absolute atomic E-state index is 0.275. The second-order valence-corrected chi connectivity index (χ2v) is 9.26. The number of aliphatic hydroxyl groups excluding tert-OH is 2. The number of carbonyl (C=O) groups is 2. The molecule has 8 nitrogen and oxygen atoms in total. The maximum absolute atomic E-state index is 12.8. The van der Waals surface area contributed by atoms with E-state index in [4.69, 9.17) is 18.9 Å². The van der Waals surface area contributed by atoms with Crippen LogP contribution in [0.2, 0.25) is 0 Å². The lowest BCUT2D eigenvalue weighted by atomic mass is 9.98. The third kappa shape index (κ3) is 8.77. The van der Waals surface area contributed by atoms with Gasteiger partial charge in [-0.2, -0.15) is 0 Å². The van der Waals surface area contributed by atoms with Crippen molar-refractivity contribution in [2.24, 2.45) is 0 Å². The van der Waals surface area contributed by atoms with Crippen molar-refractivity contribution in [3.63, 3.8) is 0 Å². The summed E-state index contributed by atoms with van der Waals surface area (Å²) >= 11 is 0. The van der Waals surface area contributed by atoms with Crippen LogP contribution in [0.15, 0.2) is 73.3 Å². The molecular weight excluding hydrogens is 488 g/mol. The highest BCUT2D eigenvalue weighted by atomic mass is 16.7. The Kier molecular flexibility index (Phi) is 12.5. The first-order valence-corrected chi connectivity index (χ1v) is 13.2. The molecule has 0 unspecified atom stereocenters. The summed E-state index contributed by atoms with van der Waals surface area (Å²) in [6.45, 7) is 3.52. The SMILES string of the molecule is C=CCCCCCCCCO[C@@H]1O[C@H](CO)[C@H](OC(=O)c2ccccc2)[C@H](O)[C@H]1OC(=O)c1ccccc1. The maximum atomic E-state index is 12.8. The Morgan fingerprint density at radius 1 is 0.816 bits per heavy atom. The maximum Gasteiger partial charge on any atom is 0.338 e. The van der Waals surface area contributed by atoms with Gasteiger partial charge >= 0.3 is 11.9 Å². The van der Waals surface area contributed by atoms with Gasteiger partial charge in [-0.1, -0.05) is 68.2 Å². The summed E-state index contributed by atoms with van der Waals surface area (Å²) in [5.74, 6) is -1.38. The number of unbranched alkanes of at least 4 members (excludes halogenated alkanes) is 6. The van der Waals surface area contributed by atoms with Crippen molar-refractivity contribution in [1.82, 2.24) is 0 Å². The molecule has 0 spiro atoms. The van der Waals surface area contributed by atoms with Crippen LogP contribution in [-0.2, 0) is 18.9 Å². The molecule has 1 heterocycles. The van der Waals surface area contributed by atoms with E-state index in [1.54, 1.807) is 60.7 Å². The van der Waals surface area contributed by atoms with Gasteiger partial charge in [-0.05, 0) is 43.5 Å². The normalized spacial score (nSPS) is 22.9. The van der Waals surface area contributed by atoms with Crippen molar-refractivity contribution < 1.29 is 38.7 Å². The molecule has 0 aliphatic carbocycles. The molecule has 0 aromatic heterocycles. The Labute approximate surface area is 224 Å². The van der Waals surface area contributed by atoms with E-state index >= 15 is 0 Å². The van der Waals surface area contributed by atoms with Crippen LogP contribution in [0.1, 0.15) is 65.7 Å². The van der Waals surface area contributed by atoms with Crippen LogP contribution in [0.4, 0.5) is 0 Å². The van der Waals surface area contributed by atoms with Crippen molar-refractivity contribution in [2.75, 3.05) is 13.2 Å². The Balaban J connectivity index is 1.65. The molecule has 5 atom stereocenters. The van der Waals surface area contributed by atoms with E-state index < -0.39 is 49.3 Å². The Hall–Kier alpha value is -3.04. The van der Waals surface area contributed by atoms with Gasteiger partial charge < -0.3 is 29.2 Å². The lowest BCUT2D eigenvalue weighted by Gasteiger charge is -2.42. The average Bonchev–Trinajstić information content (AvgIpc) is 2.95. The molecule has 0 saturated carbocycles. The fourth-order valence-electron chi connectivity index (χ4n) is 4.28. The smallest absolute Gasteiger partial charge is 0.338 e. The van der Waals surface area contributed by atoms with Gasteiger partial charge in [-0.15, -0.1) is 6.58 Å². The molecular formula is C30H38O8. The predicted molar refractivity (Wildman–Crippen MR) is 142 cm³/mol. The van der Waals surface area contributed by atoms with Crippen molar-refractivity contribution in [1.29, 1.82) is 0 Å². The molecule has 2 N–H and O–H groups in total. The van der Waals surface area contributed by atoms with Crippen molar-refractivity contribution >= 4 is 11.9 Å². The number of ether oxygens (including phenoxy) is 4. The molecule has 2 aromatic carbocycles. The van der Waals surface area contributed by atoms with Crippen LogP contribution >= 0.6 is 0 Å². The third-order valence-electron chi connectivity index (χ3n) is 6.39. The van der Waals surface area contributed by atoms with E-state index in [1.807, 2.05) is 6.08 Å². The second kappa shape index (κ2) is 16.0. The summed E-state index contributed by atoms with van der Waals surface area (Å²) in [5.41, 5.74) is 0.564. The lowest BCUT2D eigenvalue weighted by Crippen LogP contribution is -2.61. The first-order valence-electron chi connectivity index (χ1n) is 13.2. The highest BCUT2D eigenvalue weighted by molar-refractivity contribution is 5.90. The minimum Gasteiger partial charge on any atom is -0.453 e. The van der Waals surface area contributed by atoms with E-state index in [1.165, 1.54) is 0 Å². The van der Waals surface area contributed by atoms with Gasteiger partial charge in [0.05, 0.1) is 17.7 Å². The Morgan fingerprint density at radius 2 is 1.34 bits per heavy atom. The fourth-order valence-corrected chi connectivity index (χ4v) is 4.28. The molecule has 0 bridgehead atoms. The largest absolute Gasteiger partial charge is 0.453 e. The quantitative estimate of drug-likeness (QED) is 0.199. The van der Waals surface area contributed by atoms with Crippen LogP contribution in [0.3, 0.4) is 0 Å². The molecule has 1 fully saturated rings. The van der Waals surface area contributed by atoms with Gasteiger partial charge in [-0.3, -0.25) is 0 Å². The zero-order valence-electron chi connectivity index (χ0n) is 21.7. The van der Waals surface area contributed by atoms with Gasteiger partial charge in [0.25, 0.3) is 0 Å². The van der Waals surface area contributed by atoms with Crippen molar-refractivity contribution in [3.8, 4) is 0 Å². The molecule has 8 heteroatoms. The molecule has 1 aliphatic rings. The number of hydrogen-bond acceptors (Lipinski definition) is 8. The summed E-state index contributed by atoms with van der Waals surface area (Å²) in [4.78, 5) is 25.5. The van der Waals surface area contributed by atoms with E-state index in [0.717, 1.165) is 44.9 Å². The van der Waals surface area contributed by atoms with E-state index in [2.05, 4.69) is 6.58 Å². The van der Waals surface area contributed by atoms with E-state index in [-0.39, 0.29) is 11.1 Å². The topological polar surface area (TPSA) is 112 Å². The Bertz CT molecular complexity index is 980. The summed E-state index contributed by atoms with van der Waals surface area (Å²) < 4.78 is 22.9. The van der Waals surface area contributed by atoms with E-state index in [9.17, 15) is 19.8 Å². The fraction of sp³-hybridized carbons (Fsp3) is 0.467. The first kappa shape index (κ1) is 29.5. The monoisotopic (exact) mass is 526 g/mol. The van der Waals surface area contributed by atoms with Crippen molar-refractivity contribution in [3.05, 3.63) is 84.4 Å². The van der Waals surface area contributed by atoms with Crippen LogP contribution in [0.25, 0.3) is 0 Å². The van der Waals surface area contributed by atoms with Gasteiger partial charge in [0, 0.05) is 6.61 Å². The molecule has 3 rings (SSSR count). The summed E-state index contributed by atoms with van der Waals surface area (Å²) in [7, 11) is 0. The molecule has 2 aromatic rings. The number of benzene rings is 2. The second-order valence-electron chi connectivity index (χ2n) is 9.26. The standard InChI is InChI=1S/C30H38O8/c1-2-3-4-5-6-7-8-15-20-35-30-27(38-29(34)23-18-13-10-14-19-23)25(32)26(24(21-31)36-30)37-28(33)22-16-11-9-12-17-22/h2,9-14,16-19,24-27,30-32H,1,3-8,15,20-21H2/t24-,25+,26+,27-,30-/m1/s1. The third-order valence-corrected chi connectivity index (χ3v) is 6.39. The molecule has 38 heavy (non-hydrogen) atoms. The number of allylic oxidation sites excluding steroid dienone is 1. The number of carbonyl (C=O) groups excluding carboxylic acids is 2. The first-order chi connectivity index (χ1) is 18.5. The van der Waals surface area contributed by atoms with Crippen LogP contribution in [0, 0.1) is 0 Å². The number of aliphatic hydroxyl groups is 2. The average molecular weight is 527 g/mol. The molecule has 0 radical (unpaired) electrons. The summed E-state index contributed by atoms with van der Waals surface area (Å²) in [5, 5.41) is 21.2. The minimum atomic E-state index is -1.49. The van der Waals surface area contributed by atoms with E-state index in [0.29, 0.717) is 6.61 Å². The zero-order chi connectivity index (χ0) is 27.2. The van der Waals surface area contributed by atoms with Crippen LogP contribution in [0.5, 0.6) is 0 Å². The highest BCUT2D eigenvalue weighted by Crippen LogP contribution is 2.28. The van der Waals surface area contributed by atoms with Gasteiger partial charge in [0.1, 0.15) is 12.2 Å². The molecule has 0 amide bonds. The summed E-state index contributed by atoms with van der Waals surface area (Å²) in [6.07, 6.45) is 2.90. The lowest BCUT2D eigenvalue weighted by molar-refractivity contribution is -0.299. The molecule has 1 saturated heterocycles. The van der Waals surface area contributed by atoms with Crippen LogP contribution in [-0.4, -0.2) is 66.1 Å². The summed E-state index contributed by atoms with van der Waals surface area (Å²) in [6, 6.07) is 16.6. The number of rotatable bonds is 15. The molecule has 206 valence electrons. The van der Waals surface area contributed by atoms with Gasteiger partial charge in [0.15, 0.2) is 18.5 Å². The highest BCUT2D eigenvalue weighted by Gasteiger charge is 2.50. The van der Waals surface area contributed by atoms with Gasteiger partial charge in [-0.25, -0.2) is 9.59 Å². The van der Waals surface area contributed by atoms with Crippen molar-refractivity contribution in [2.45, 2.75) is 75.7 Å². The zero-order valence-corrected chi connectivity index (χ0v) is 21.7. The predicted octanol–water partition coefficient (Wildman–Crippen LogP) is 4.45. The number of esters is 2. The molecule has 1 aliphatic heterocycles. The van der Waals surface area contributed by atoms with Gasteiger partial charge in [0.2, 0.25) is 0 Å². The Morgan fingerprint density at radius 3 is 1.89 bits per heavy atom.